The molecule has 2 aromatic rings. The van der Waals surface area contributed by atoms with Crippen molar-refractivity contribution in [2.24, 2.45) is 5.10 Å². The number of pyridine rings is 1. The monoisotopic (exact) mass is 317 g/mol. The van der Waals surface area contributed by atoms with E-state index >= 15 is 0 Å². The number of hydrogen-bond acceptors (Lipinski definition) is 3. The highest BCUT2D eigenvalue weighted by molar-refractivity contribution is 9.10. The molecule has 0 saturated heterocycles. The summed E-state index contributed by atoms with van der Waals surface area (Å²) in [4.78, 5) is 15.9. The first-order valence-corrected chi connectivity index (χ1v) is 6.47. The summed E-state index contributed by atoms with van der Waals surface area (Å²) in [5.41, 5.74) is 4.65. The zero-order valence-electron chi connectivity index (χ0n) is 10.3. The normalized spacial score (nSPS) is 11.2. The van der Waals surface area contributed by atoms with Crippen LogP contribution in [0.15, 0.2) is 58.4 Å². The van der Waals surface area contributed by atoms with Crippen LogP contribution in [0.4, 0.5) is 0 Å². The molecule has 2 rings (SSSR count). The molecule has 0 radical (unpaired) electrons. The van der Waals surface area contributed by atoms with Crippen LogP contribution in [-0.2, 0) is 0 Å². The Morgan fingerprint density at radius 1 is 1.26 bits per heavy atom. The van der Waals surface area contributed by atoms with Gasteiger partial charge in [0, 0.05) is 22.4 Å². The van der Waals surface area contributed by atoms with Gasteiger partial charge in [-0.1, -0.05) is 18.2 Å². The number of hydrazone groups is 1. The summed E-state index contributed by atoms with van der Waals surface area (Å²) < 4.78 is 0.738. The Morgan fingerprint density at radius 2 is 2.05 bits per heavy atom. The number of nitrogens with one attached hydrogen (secondary N) is 1. The van der Waals surface area contributed by atoms with E-state index in [-0.39, 0.29) is 5.91 Å². The van der Waals surface area contributed by atoms with Crippen LogP contribution < -0.4 is 5.43 Å². The first kappa shape index (κ1) is 13.4. The van der Waals surface area contributed by atoms with Gasteiger partial charge >= 0.3 is 0 Å². The quantitative estimate of drug-likeness (QED) is 0.699. The van der Waals surface area contributed by atoms with Crippen molar-refractivity contribution in [1.29, 1.82) is 0 Å². The second kappa shape index (κ2) is 6.24. The summed E-state index contributed by atoms with van der Waals surface area (Å²) in [5, 5.41) is 4.07. The largest absolute Gasteiger partial charge is 0.272 e. The van der Waals surface area contributed by atoms with E-state index in [1.807, 2.05) is 31.2 Å². The Labute approximate surface area is 119 Å². The molecule has 0 aliphatic carbocycles. The van der Waals surface area contributed by atoms with Crippen molar-refractivity contribution in [2.45, 2.75) is 6.92 Å². The van der Waals surface area contributed by atoms with Crippen LogP contribution >= 0.6 is 15.9 Å². The van der Waals surface area contributed by atoms with Crippen molar-refractivity contribution in [3.8, 4) is 0 Å². The number of hydrogen-bond donors (Lipinski definition) is 1. The molecule has 1 N–H and O–H groups in total. The van der Waals surface area contributed by atoms with Gasteiger partial charge in [-0.2, -0.15) is 5.10 Å². The van der Waals surface area contributed by atoms with Gasteiger partial charge in [-0.25, -0.2) is 5.43 Å². The van der Waals surface area contributed by atoms with E-state index in [2.05, 4.69) is 31.4 Å². The summed E-state index contributed by atoms with van der Waals surface area (Å²) in [6.45, 7) is 1.82. The van der Waals surface area contributed by atoms with Gasteiger partial charge in [0.05, 0.1) is 11.3 Å². The lowest BCUT2D eigenvalue weighted by molar-refractivity contribution is 0.0954. The van der Waals surface area contributed by atoms with Crippen molar-refractivity contribution >= 4 is 27.5 Å². The fourth-order valence-corrected chi connectivity index (χ4v) is 1.95. The average Bonchev–Trinajstić information content (AvgIpc) is 2.46. The molecule has 96 valence electrons. The minimum atomic E-state index is -0.254. The Balaban J connectivity index is 2.11. The van der Waals surface area contributed by atoms with Crippen LogP contribution in [0.5, 0.6) is 0 Å². The lowest BCUT2D eigenvalue weighted by atomic mass is 10.2. The van der Waals surface area contributed by atoms with Crippen molar-refractivity contribution < 1.29 is 4.79 Å². The number of benzene rings is 1. The van der Waals surface area contributed by atoms with Crippen molar-refractivity contribution in [3.63, 3.8) is 0 Å². The number of nitrogens with zero attached hydrogens (tertiary/aromatic N) is 2. The number of rotatable bonds is 3. The number of aromatic nitrogens is 1. The molecule has 0 aliphatic rings. The fourth-order valence-electron chi connectivity index (χ4n) is 1.48. The maximum absolute atomic E-state index is 11.9. The molecule has 1 heterocycles. The first-order chi connectivity index (χ1) is 9.18. The van der Waals surface area contributed by atoms with Gasteiger partial charge in [-0.05, 0) is 41.1 Å². The van der Waals surface area contributed by atoms with E-state index < -0.39 is 0 Å². The van der Waals surface area contributed by atoms with Crippen LogP contribution in [0.3, 0.4) is 0 Å². The number of carbonyl (C=O) groups is 1. The highest BCUT2D eigenvalue weighted by atomic mass is 79.9. The van der Waals surface area contributed by atoms with E-state index in [0.717, 1.165) is 10.0 Å². The summed E-state index contributed by atoms with van der Waals surface area (Å²) in [5.74, 6) is -0.254. The summed E-state index contributed by atoms with van der Waals surface area (Å²) in [7, 11) is 0. The van der Waals surface area contributed by atoms with Crippen LogP contribution in [0.2, 0.25) is 0 Å². The maximum Gasteiger partial charge on any atom is 0.272 e. The summed E-state index contributed by atoms with van der Waals surface area (Å²) in [6, 6.07) is 10.9. The van der Waals surface area contributed by atoms with Crippen LogP contribution in [0.1, 0.15) is 22.8 Å². The molecule has 0 bridgehead atoms. The average molecular weight is 318 g/mol. The van der Waals surface area contributed by atoms with Crippen molar-refractivity contribution in [1.82, 2.24) is 10.4 Å². The van der Waals surface area contributed by atoms with Crippen LogP contribution in [0.25, 0.3) is 0 Å². The summed E-state index contributed by atoms with van der Waals surface area (Å²) in [6.07, 6.45) is 3.39. The highest BCUT2D eigenvalue weighted by Crippen LogP contribution is 2.15. The van der Waals surface area contributed by atoms with E-state index in [1.165, 1.54) is 0 Å². The number of halogens is 1. The lowest BCUT2D eigenvalue weighted by Gasteiger charge is -2.04. The predicted octanol–water partition coefficient (Wildman–Crippen LogP) is 3.00. The molecule has 5 heteroatoms. The number of amides is 1. The molecule has 0 saturated carbocycles. The standard InChI is InChI=1S/C14H12BrN3O/c1-10(11-5-4-8-16-9-11)17-18-14(19)12-6-2-3-7-13(12)15/h2-9H,1H3,(H,18,19). The van der Waals surface area contributed by atoms with E-state index in [1.54, 1.807) is 24.5 Å². The molecular weight excluding hydrogens is 306 g/mol. The van der Waals surface area contributed by atoms with Crippen molar-refractivity contribution in [3.05, 3.63) is 64.4 Å². The molecule has 0 unspecified atom stereocenters. The summed E-state index contributed by atoms with van der Waals surface area (Å²) >= 11 is 3.33. The molecule has 19 heavy (non-hydrogen) atoms. The Morgan fingerprint density at radius 3 is 2.74 bits per heavy atom. The third kappa shape index (κ3) is 3.48. The van der Waals surface area contributed by atoms with E-state index in [4.69, 9.17) is 0 Å². The molecular formula is C14H12BrN3O. The smallest absolute Gasteiger partial charge is 0.267 e. The van der Waals surface area contributed by atoms with Gasteiger partial charge < -0.3 is 0 Å². The predicted molar refractivity (Wildman–Crippen MR) is 78.1 cm³/mol. The SMILES string of the molecule is CC(=NNC(=O)c1ccccc1Br)c1cccnc1. The Kier molecular flexibility index (Phi) is 4.41. The van der Waals surface area contributed by atoms with Crippen LogP contribution in [-0.4, -0.2) is 16.6 Å². The fraction of sp³-hybridized carbons (Fsp3) is 0.0714. The van der Waals surface area contributed by atoms with Gasteiger partial charge in [0.15, 0.2) is 0 Å². The minimum Gasteiger partial charge on any atom is -0.267 e. The molecule has 4 nitrogen and oxygen atoms in total. The third-order valence-corrected chi connectivity index (χ3v) is 3.21. The molecule has 0 atom stereocenters. The topological polar surface area (TPSA) is 54.4 Å². The van der Waals surface area contributed by atoms with E-state index in [0.29, 0.717) is 11.3 Å². The van der Waals surface area contributed by atoms with E-state index in [9.17, 15) is 4.79 Å². The molecule has 1 aromatic carbocycles. The third-order valence-electron chi connectivity index (χ3n) is 2.52. The van der Waals surface area contributed by atoms with Crippen LogP contribution in [0, 0.1) is 0 Å². The van der Waals surface area contributed by atoms with Gasteiger partial charge in [-0.3, -0.25) is 9.78 Å². The zero-order chi connectivity index (χ0) is 13.7. The Bertz CT molecular complexity index is 611. The van der Waals surface area contributed by atoms with Gasteiger partial charge in [0.2, 0.25) is 0 Å². The Hall–Kier alpha value is -2.01. The van der Waals surface area contributed by atoms with Gasteiger partial charge in [0.1, 0.15) is 0 Å². The molecule has 0 fully saturated rings. The second-order valence-corrected chi connectivity index (χ2v) is 4.71. The highest BCUT2D eigenvalue weighted by Gasteiger charge is 2.08. The van der Waals surface area contributed by atoms with Crippen molar-refractivity contribution in [2.75, 3.05) is 0 Å². The molecule has 0 aliphatic heterocycles. The first-order valence-electron chi connectivity index (χ1n) is 5.68. The molecule has 1 aromatic heterocycles. The maximum atomic E-state index is 11.9. The second-order valence-electron chi connectivity index (χ2n) is 3.86. The minimum absolute atomic E-state index is 0.254. The molecule has 0 spiro atoms. The number of carbonyl (C=O) groups excluding carboxylic acids is 1. The van der Waals surface area contributed by atoms with Gasteiger partial charge in [-0.15, -0.1) is 0 Å². The lowest BCUT2D eigenvalue weighted by Crippen LogP contribution is -2.19. The zero-order valence-corrected chi connectivity index (χ0v) is 11.9. The van der Waals surface area contributed by atoms with Gasteiger partial charge in [0.25, 0.3) is 5.91 Å². The molecule has 1 amide bonds.